The van der Waals surface area contributed by atoms with Gasteiger partial charge in [-0.2, -0.15) is 5.09 Å². The molecule has 2 aromatic carbocycles. The fourth-order valence-corrected chi connectivity index (χ4v) is 6.03. The summed E-state index contributed by atoms with van der Waals surface area (Å²) in [6.45, 7) is 6.07. The van der Waals surface area contributed by atoms with Gasteiger partial charge in [0, 0.05) is 31.1 Å². The summed E-state index contributed by atoms with van der Waals surface area (Å²) in [5, 5.41) is 4.13. The number of fused-ring (bicyclic) bond motifs is 3. The van der Waals surface area contributed by atoms with Crippen LogP contribution in [0.25, 0.3) is 21.9 Å². The lowest BCUT2D eigenvalue weighted by Crippen LogP contribution is -2.41. The lowest BCUT2D eigenvalue weighted by Gasteiger charge is -2.26. The Morgan fingerprint density at radius 1 is 1.15 bits per heavy atom. The molecule has 3 N–H and O–H groups in total. The monoisotopic (exact) mass is 588 g/mol. The number of hydrogen-bond acceptors (Lipinski definition) is 8. The first-order valence-corrected chi connectivity index (χ1v) is 14.8. The van der Waals surface area contributed by atoms with Gasteiger partial charge in [-0.25, -0.2) is 14.5 Å². The molecule has 0 aliphatic rings. The van der Waals surface area contributed by atoms with Gasteiger partial charge in [-0.05, 0) is 51.1 Å². The number of halogens is 1. The van der Waals surface area contributed by atoms with E-state index in [0.717, 1.165) is 16.4 Å². The average Bonchev–Trinajstić information content (AvgIpc) is 3.32. The lowest BCUT2D eigenvalue weighted by atomic mass is 10.1. The third kappa shape index (κ3) is 6.56. The second-order valence-electron chi connectivity index (χ2n) is 9.52. The molecule has 40 heavy (non-hydrogen) atoms. The molecular weight excluding hydrogens is 555 g/mol. The summed E-state index contributed by atoms with van der Waals surface area (Å²) in [5.41, 5.74) is 8.34. The Morgan fingerprint density at radius 2 is 1.85 bits per heavy atom. The first kappa shape index (κ1) is 29.8. The molecule has 1 amide bonds. The van der Waals surface area contributed by atoms with Gasteiger partial charge in [0.1, 0.15) is 23.7 Å². The number of nitrogens with zero attached hydrogens (tertiary/aromatic N) is 4. The molecule has 4 rings (SSSR count). The van der Waals surface area contributed by atoms with Gasteiger partial charge in [0.25, 0.3) is 0 Å². The zero-order valence-electron chi connectivity index (χ0n) is 23.1. The summed E-state index contributed by atoms with van der Waals surface area (Å²) in [6, 6.07) is 12.8. The number of rotatable bonds is 12. The van der Waals surface area contributed by atoms with E-state index >= 15 is 0 Å². The van der Waals surface area contributed by atoms with E-state index < -0.39 is 19.8 Å². The molecule has 0 aliphatic heterocycles. The molecule has 0 radical (unpaired) electrons. The third-order valence-corrected chi connectivity index (χ3v) is 8.09. The molecule has 11 nitrogen and oxygen atoms in total. The van der Waals surface area contributed by atoms with Gasteiger partial charge in [-0.3, -0.25) is 9.32 Å². The van der Waals surface area contributed by atoms with Crippen LogP contribution >= 0.6 is 19.3 Å². The second-order valence-corrected chi connectivity index (χ2v) is 11.6. The summed E-state index contributed by atoms with van der Waals surface area (Å²) >= 11 is 6.00. The number of aromatic nitrogens is 3. The van der Waals surface area contributed by atoms with E-state index in [2.05, 4.69) is 10.1 Å². The SMILES string of the molecule is CCOCc1nc2c(N)nc3ccccc3c2n1[C@H](C)CO[P@@](=O)(N[C@@H](C)C(=O)N(C)C)Oc1ccc(Cl)cc1. The fourth-order valence-electron chi connectivity index (χ4n) is 4.32. The molecule has 0 fully saturated rings. The fraction of sp³-hybridized carbons (Fsp3) is 0.370. The van der Waals surface area contributed by atoms with Crippen molar-refractivity contribution in [1.82, 2.24) is 24.5 Å². The van der Waals surface area contributed by atoms with Crippen molar-refractivity contribution in [1.29, 1.82) is 0 Å². The molecule has 13 heteroatoms. The van der Waals surface area contributed by atoms with Crippen molar-refractivity contribution in [2.75, 3.05) is 33.0 Å². The number of likely N-dealkylation sites (N-methyl/N-ethyl adjacent to an activating group) is 1. The highest BCUT2D eigenvalue weighted by Gasteiger charge is 2.33. The number of para-hydroxylation sites is 1. The maximum atomic E-state index is 14.0. The molecule has 4 aromatic rings. The smallest absolute Gasteiger partial charge is 0.413 e. The summed E-state index contributed by atoms with van der Waals surface area (Å²) in [7, 11) is -0.830. The number of nitrogen functional groups attached to an aromatic ring is 1. The van der Waals surface area contributed by atoms with E-state index in [1.807, 2.05) is 42.7 Å². The van der Waals surface area contributed by atoms with Gasteiger partial charge in [-0.15, -0.1) is 0 Å². The first-order chi connectivity index (χ1) is 19.0. The highest BCUT2D eigenvalue weighted by atomic mass is 35.5. The minimum Gasteiger partial charge on any atom is -0.413 e. The van der Waals surface area contributed by atoms with Crippen LogP contribution in [0, 0.1) is 0 Å². The normalized spacial score (nSPS) is 14.7. The second kappa shape index (κ2) is 12.5. The number of pyridine rings is 1. The van der Waals surface area contributed by atoms with Crippen molar-refractivity contribution in [3.63, 3.8) is 0 Å². The van der Waals surface area contributed by atoms with Crippen molar-refractivity contribution in [3.05, 3.63) is 59.4 Å². The topological polar surface area (TPSA) is 134 Å². The average molecular weight is 589 g/mol. The van der Waals surface area contributed by atoms with Crippen LogP contribution in [0.5, 0.6) is 5.75 Å². The van der Waals surface area contributed by atoms with E-state index in [0.29, 0.717) is 28.8 Å². The summed E-state index contributed by atoms with van der Waals surface area (Å²) in [5.74, 6) is 0.904. The van der Waals surface area contributed by atoms with Gasteiger partial charge in [0.05, 0.1) is 29.7 Å². The minimum absolute atomic E-state index is 0.0537. The molecule has 3 atom stereocenters. The molecule has 0 saturated heterocycles. The molecule has 2 heterocycles. The van der Waals surface area contributed by atoms with Crippen LogP contribution in [0.4, 0.5) is 5.82 Å². The summed E-state index contributed by atoms with van der Waals surface area (Å²) in [4.78, 5) is 23.2. The number of benzene rings is 2. The van der Waals surface area contributed by atoms with Crippen LogP contribution in [0.3, 0.4) is 0 Å². The highest BCUT2D eigenvalue weighted by molar-refractivity contribution is 7.52. The Bertz CT molecular complexity index is 1540. The van der Waals surface area contributed by atoms with Crippen LogP contribution < -0.4 is 15.3 Å². The zero-order valence-corrected chi connectivity index (χ0v) is 24.8. The Labute approximate surface area is 238 Å². The Balaban J connectivity index is 1.70. The first-order valence-electron chi connectivity index (χ1n) is 12.8. The lowest BCUT2D eigenvalue weighted by molar-refractivity contribution is -0.130. The third-order valence-electron chi connectivity index (χ3n) is 6.19. The molecule has 0 unspecified atom stereocenters. The Hall–Kier alpha value is -3.21. The number of carbonyl (C=O) groups excluding carboxylic acids is 1. The van der Waals surface area contributed by atoms with Crippen LogP contribution in [-0.4, -0.2) is 58.7 Å². The number of anilines is 1. The summed E-state index contributed by atoms with van der Waals surface area (Å²) in [6.07, 6.45) is 0. The van der Waals surface area contributed by atoms with E-state index in [1.54, 1.807) is 45.3 Å². The number of carbonyl (C=O) groups is 1. The molecule has 0 bridgehead atoms. The van der Waals surface area contributed by atoms with Crippen LogP contribution in [0.2, 0.25) is 5.02 Å². The van der Waals surface area contributed by atoms with Crippen molar-refractivity contribution in [3.8, 4) is 5.75 Å². The Morgan fingerprint density at radius 3 is 2.52 bits per heavy atom. The molecule has 2 aromatic heterocycles. The molecule has 0 saturated carbocycles. The number of ether oxygens (including phenoxy) is 1. The summed E-state index contributed by atoms with van der Waals surface area (Å²) < 4.78 is 33.5. The van der Waals surface area contributed by atoms with Gasteiger partial charge >= 0.3 is 7.75 Å². The van der Waals surface area contributed by atoms with E-state index in [9.17, 15) is 9.36 Å². The van der Waals surface area contributed by atoms with Crippen LogP contribution in [0.15, 0.2) is 48.5 Å². The molecule has 0 aliphatic carbocycles. The van der Waals surface area contributed by atoms with Crippen molar-refractivity contribution >= 4 is 53.0 Å². The standard InChI is InChI=1S/C27H34ClN6O5P/c1-6-37-16-23-31-24-25(21-9-7-8-10-22(21)30-26(24)29)34(23)17(2)15-38-40(36,32-18(3)27(35)33(4)5)39-20-13-11-19(28)12-14-20/h7-14,17-18H,6,15-16H2,1-5H3,(H2,29,30)(H,32,36)/t17-,18+,40+/m1/s1. The number of imidazole rings is 1. The van der Waals surface area contributed by atoms with Gasteiger partial charge in [-0.1, -0.05) is 29.8 Å². The maximum Gasteiger partial charge on any atom is 0.459 e. The van der Waals surface area contributed by atoms with Crippen molar-refractivity contribution in [2.24, 2.45) is 0 Å². The maximum absolute atomic E-state index is 14.0. The van der Waals surface area contributed by atoms with Crippen molar-refractivity contribution in [2.45, 2.75) is 39.5 Å². The predicted molar refractivity (Wildman–Crippen MR) is 156 cm³/mol. The molecule has 0 spiro atoms. The van der Waals surface area contributed by atoms with Gasteiger partial charge in [0.2, 0.25) is 5.91 Å². The van der Waals surface area contributed by atoms with Crippen LogP contribution in [-0.2, 0) is 25.2 Å². The van der Waals surface area contributed by atoms with E-state index in [1.165, 1.54) is 4.90 Å². The predicted octanol–water partition coefficient (Wildman–Crippen LogP) is 5.19. The minimum atomic E-state index is -4.06. The van der Waals surface area contributed by atoms with Crippen LogP contribution in [0.1, 0.15) is 32.6 Å². The molecule has 214 valence electrons. The van der Waals surface area contributed by atoms with E-state index in [-0.39, 0.29) is 24.9 Å². The molecular formula is C27H34ClN6O5P. The van der Waals surface area contributed by atoms with Crippen molar-refractivity contribution < 1.29 is 23.1 Å². The highest BCUT2D eigenvalue weighted by Crippen LogP contribution is 2.46. The number of nitrogens with two attached hydrogens (primary N) is 1. The Kier molecular flexibility index (Phi) is 9.33. The number of hydrogen-bond donors (Lipinski definition) is 2. The quantitative estimate of drug-likeness (QED) is 0.214. The number of amides is 1. The van der Waals surface area contributed by atoms with Gasteiger partial charge in [0.15, 0.2) is 5.82 Å². The van der Waals surface area contributed by atoms with Gasteiger partial charge < -0.3 is 24.5 Å². The zero-order chi connectivity index (χ0) is 29.0. The number of nitrogens with one attached hydrogen (secondary N) is 1. The largest absolute Gasteiger partial charge is 0.459 e. The van der Waals surface area contributed by atoms with E-state index in [4.69, 9.17) is 36.1 Å².